The number of benzene rings is 2. The Morgan fingerprint density at radius 3 is 2.45 bits per heavy atom. The molecule has 0 aliphatic heterocycles. The molecule has 0 unspecified atom stereocenters. The highest BCUT2D eigenvalue weighted by Gasteiger charge is 2.14. The lowest BCUT2D eigenvalue weighted by atomic mass is 10.1. The van der Waals surface area contributed by atoms with Crippen LogP contribution in [0.4, 0.5) is 5.69 Å². The van der Waals surface area contributed by atoms with E-state index in [2.05, 4.69) is 22.5 Å². The molecular formula is C25H30N4O3S. The number of carbonyl (C=O) groups excluding carboxylic acids is 2. The van der Waals surface area contributed by atoms with Crippen LogP contribution in [0.5, 0.6) is 0 Å². The summed E-state index contributed by atoms with van der Waals surface area (Å²) in [5.41, 5.74) is 4.38. The van der Waals surface area contributed by atoms with E-state index in [0.717, 1.165) is 35.2 Å². The van der Waals surface area contributed by atoms with Crippen molar-refractivity contribution in [2.75, 3.05) is 17.6 Å². The largest absolute Gasteiger partial charge is 0.346 e. The molecule has 2 amide bonds. The van der Waals surface area contributed by atoms with Crippen LogP contribution in [0.2, 0.25) is 0 Å². The molecule has 1 heterocycles. The van der Waals surface area contributed by atoms with Gasteiger partial charge in [-0.15, -0.1) is 0 Å². The number of unbranched alkanes of at least 4 members (excludes halogenated alkanes) is 1. The molecule has 0 spiro atoms. The van der Waals surface area contributed by atoms with Gasteiger partial charge in [-0.25, -0.2) is 4.98 Å². The summed E-state index contributed by atoms with van der Waals surface area (Å²) in [6.07, 6.45) is 1.79. The summed E-state index contributed by atoms with van der Waals surface area (Å²) in [6.45, 7) is 8.38. The molecule has 0 saturated carbocycles. The molecule has 2 N–H and O–H groups in total. The smallest absolute Gasteiger partial charge is 0.262 e. The number of nitrogens with one attached hydrogen (secondary N) is 2. The Balaban J connectivity index is 1.62. The normalized spacial score (nSPS) is 10.9. The first-order chi connectivity index (χ1) is 15.8. The van der Waals surface area contributed by atoms with Crippen LogP contribution in [0, 0.1) is 20.8 Å². The van der Waals surface area contributed by atoms with E-state index in [1.807, 2.05) is 45.0 Å². The van der Waals surface area contributed by atoms with Crippen LogP contribution < -0.4 is 16.2 Å². The van der Waals surface area contributed by atoms with E-state index in [4.69, 9.17) is 0 Å². The van der Waals surface area contributed by atoms with E-state index < -0.39 is 0 Å². The fourth-order valence-electron chi connectivity index (χ4n) is 3.69. The highest BCUT2D eigenvalue weighted by Crippen LogP contribution is 2.22. The van der Waals surface area contributed by atoms with E-state index in [1.165, 1.54) is 11.8 Å². The van der Waals surface area contributed by atoms with Crippen molar-refractivity contribution in [3.63, 3.8) is 0 Å². The van der Waals surface area contributed by atoms with Crippen molar-refractivity contribution in [3.05, 3.63) is 63.4 Å². The van der Waals surface area contributed by atoms with Crippen molar-refractivity contribution in [2.24, 2.45) is 0 Å². The van der Waals surface area contributed by atoms with E-state index in [9.17, 15) is 14.4 Å². The van der Waals surface area contributed by atoms with Crippen LogP contribution in [0.1, 0.15) is 36.5 Å². The summed E-state index contributed by atoms with van der Waals surface area (Å²) in [7, 11) is 0. The minimum Gasteiger partial charge on any atom is -0.346 e. The molecule has 0 saturated heterocycles. The van der Waals surface area contributed by atoms with E-state index in [1.54, 1.807) is 16.7 Å². The first-order valence-electron chi connectivity index (χ1n) is 11.1. The average Bonchev–Trinajstić information content (AvgIpc) is 2.78. The van der Waals surface area contributed by atoms with Crippen LogP contribution >= 0.6 is 11.8 Å². The molecule has 174 valence electrons. The Labute approximate surface area is 198 Å². The standard InChI is InChI=1S/C25H30N4O3S/c1-5-6-11-29-24(32)19-9-7-8-10-20(19)27-25(29)33-15-22(31)26-14-21(30)28-23-17(3)12-16(2)13-18(23)4/h7-10,12-13H,5-6,11,14-15H2,1-4H3,(H,26,31)(H,28,30). The first-order valence-corrected chi connectivity index (χ1v) is 12.1. The predicted octanol–water partition coefficient (Wildman–Crippen LogP) is 3.97. The Bertz CT molecular complexity index is 1210. The molecule has 7 nitrogen and oxygen atoms in total. The van der Waals surface area contributed by atoms with Gasteiger partial charge in [0.2, 0.25) is 11.8 Å². The summed E-state index contributed by atoms with van der Waals surface area (Å²) >= 11 is 1.20. The molecule has 33 heavy (non-hydrogen) atoms. The van der Waals surface area contributed by atoms with Crippen LogP contribution in [-0.4, -0.2) is 33.7 Å². The van der Waals surface area contributed by atoms with Gasteiger partial charge in [-0.3, -0.25) is 19.0 Å². The Hall–Kier alpha value is -3.13. The molecule has 3 aromatic rings. The van der Waals surface area contributed by atoms with Crippen LogP contribution in [-0.2, 0) is 16.1 Å². The lowest BCUT2D eigenvalue weighted by Gasteiger charge is -2.14. The average molecular weight is 467 g/mol. The van der Waals surface area contributed by atoms with Gasteiger partial charge in [0.05, 0.1) is 23.2 Å². The van der Waals surface area contributed by atoms with E-state index >= 15 is 0 Å². The monoisotopic (exact) mass is 466 g/mol. The van der Waals surface area contributed by atoms with Crippen molar-refractivity contribution >= 4 is 40.2 Å². The highest BCUT2D eigenvalue weighted by molar-refractivity contribution is 7.99. The topological polar surface area (TPSA) is 93.1 Å². The summed E-state index contributed by atoms with van der Waals surface area (Å²) in [5.74, 6) is -0.517. The molecule has 1 aromatic heterocycles. The van der Waals surface area contributed by atoms with Crippen molar-refractivity contribution in [2.45, 2.75) is 52.2 Å². The minimum atomic E-state index is -0.294. The quantitative estimate of drug-likeness (QED) is 0.368. The summed E-state index contributed by atoms with van der Waals surface area (Å²) < 4.78 is 1.64. The van der Waals surface area contributed by atoms with Crippen LogP contribution in [0.3, 0.4) is 0 Å². The Morgan fingerprint density at radius 2 is 1.76 bits per heavy atom. The second-order valence-corrected chi connectivity index (χ2v) is 9.05. The molecule has 0 aliphatic carbocycles. The lowest BCUT2D eigenvalue weighted by Crippen LogP contribution is -2.34. The van der Waals surface area contributed by atoms with Gasteiger partial charge in [0.25, 0.3) is 5.56 Å². The third kappa shape index (κ3) is 6.22. The number of nitrogens with zero attached hydrogens (tertiary/aromatic N) is 2. The number of amides is 2. The van der Waals surface area contributed by atoms with Gasteiger partial charge in [-0.05, 0) is 50.5 Å². The SMILES string of the molecule is CCCCn1c(SCC(=O)NCC(=O)Nc2c(C)cc(C)cc2C)nc2ccccc2c1=O. The zero-order valence-electron chi connectivity index (χ0n) is 19.5. The molecule has 3 rings (SSSR count). The lowest BCUT2D eigenvalue weighted by molar-refractivity contribution is -0.122. The second kappa shape index (κ2) is 11.1. The van der Waals surface area contributed by atoms with Gasteiger partial charge in [-0.2, -0.15) is 0 Å². The third-order valence-corrected chi connectivity index (χ3v) is 6.26. The summed E-state index contributed by atoms with van der Waals surface area (Å²) in [5, 5.41) is 6.61. The number of thioether (sulfide) groups is 1. The molecule has 0 atom stereocenters. The fraction of sp³-hybridized carbons (Fsp3) is 0.360. The number of aromatic nitrogens is 2. The van der Waals surface area contributed by atoms with Crippen molar-refractivity contribution in [1.82, 2.24) is 14.9 Å². The number of fused-ring (bicyclic) bond motifs is 1. The van der Waals surface area contributed by atoms with E-state index in [0.29, 0.717) is 22.6 Å². The number of hydrogen-bond donors (Lipinski definition) is 2. The van der Waals surface area contributed by atoms with Gasteiger partial charge in [0, 0.05) is 12.2 Å². The molecule has 2 aromatic carbocycles. The maximum atomic E-state index is 12.9. The second-order valence-electron chi connectivity index (χ2n) is 8.11. The summed E-state index contributed by atoms with van der Waals surface area (Å²) in [4.78, 5) is 42.3. The molecule has 8 heteroatoms. The van der Waals surface area contributed by atoms with E-state index in [-0.39, 0.29) is 29.7 Å². The van der Waals surface area contributed by atoms with Crippen LogP contribution in [0.15, 0.2) is 46.3 Å². The zero-order chi connectivity index (χ0) is 24.0. The third-order valence-electron chi connectivity index (χ3n) is 5.28. The maximum absolute atomic E-state index is 12.9. The van der Waals surface area contributed by atoms with Crippen molar-refractivity contribution in [3.8, 4) is 0 Å². The minimum absolute atomic E-state index is 0.0623. The van der Waals surface area contributed by atoms with Crippen molar-refractivity contribution < 1.29 is 9.59 Å². The molecule has 0 bridgehead atoms. The molecule has 0 fully saturated rings. The number of para-hydroxylation sites is 1. The fourth-order valence-corrected chi connectivity index (χ4v) is 4.55. The number of aryl methyl sites for hydroxylation is 3. The van der Waals surface area contributed by atoms with Gasteiger partial charge in [-0.1, -0.05) is 54.9 Å². The van der Waals surface area contributed by atoms with Gasteiger partial charge >= 0.3 is 0 Å². The summed E-state index contributed by atoms with van der Waals surface area (Å²) in [6, 6.07) is 11.2. The Morgan fingerprint density at radius 1 is 1.06 bits per heavy atom. The number of rotatable bonds is 9. The zero-order valence-corrected chi connectivity index (χ0v) is 20.3. The number of carbonyl (C=O) groups is 2. The highest BCUT2D eigenvalue weighted by atomic mass is 32.2. The number of anilines is 1. The van der Waals surface area contributed by atoms with Gasteiger partial charge in [0.1, 0.15) is 0 Å². The molecular weight excluding hydrogens is 436 g/mol. The predicted molar refractivity (Wildman–Crippen MR) is 134 cm³/mol. The molecule has 0 radical (unpaired) electrons. The Kier molecular flexibility index (Phi) is 8.27. The van der Waals surface area contributed by atoms with Gasteiger partial charge in [0.15, 0.2) is 5.16 Å². The van der Waals surface area contributed by atoms with Gasteiger partial charge < -0.3 is 10.6 Å². The maximum Gasteiger partial charge on any atom is 0.262 e. The van der Waals surface area contributed by atoms with Crippen molar-refractivity contribution in [1.29, 1.82) is 0 Å². The number of hydrogen-bond acceptors (Lipinski definition) is 5. The van der Waals surface area contributed by atoms with Crippen LogP contribution in [0.25, 0.3) is 10.9 Å². The first kappa shape index (κ1) is 24.5. The molecule has 0 aliphatic rings.